The molecule has 0 bridgehead atoms. The fourth-order valence-electron chi connectivity index (χ4n) is 2.34. The van der Waals surface area contributed by atoms with Crippen molar-refractivity contribution in [3.8, 4) is 29.1 Å². The average Bonchev–Trinajstić information content (AvgIpc) is 3.07. The van der Waals surface area contributed by atoms with E-state index in [2.05, 4.69) is 6.07 Å². The Kier molecular flexibility index (Phi) is 4.07. The van der Waals surface area contributed by atoms with E-state index in [1.807, 2.05) is 18.2 Å². The number of nitrogens with zero attached hydrogens (tertiary/aromatic N) is 1. The van der Waals surface area contributed by atoms with Crippen molar-refractivity contribution in [1.29, 1.82) is 5.26 Å². The molecular formula is C18H15NO4. The first-order valence-corrected chi connectivity index (χ1v) is 6.99. The van der Waals surface area contributed by atoms with Gasteiger partial charge in [0.1, 0.15) is 11.5 Å². The SMILES string of the molecule is COc1ccc(/C=C(/C#N)c2ccc3c(c2)OCO3)c(OC)c1. The van der Waals surface area contributed by atoms with Crippen LogP contribution in [-0.2, 0) is 0 Å². The minimum absolute atomic E-state index is 0.205. The van der Waals surface area contributed by atoms with Gasteiger partial charge in [0, 0.05) is 11.6 Å². The Morgan fingerprint density at radius 2 is 1.91 bits per heavy atom. The van der Waals surface area contributed by atoms with E-state index in [4.69, 9.17) is 18.9 Å². The third-order valence-corrected chi connectivity index (χ3v) is 3.54. The van der Waals surface area contributed by atoms with Gasteiger partial charge in [0.05, 0.1) is 25.9 Å². The molecule has 0 aliphatic carbocycles. The molecule has 0 spiro atoms. The number of fused-ring (bicyclic) bond motifs is 1. The summed E-state index contributed by atoms with van der Waals surface area (Å²) in [6.07, 6.45) is 1.77. The summed E-state index contributed by atoms with van der Waals surface area (Å²) in [6.45, 7) is 0.205. The minimum atomic E-state index is 0.205. The van der Waals surface area contributed by atoms with Crippen molar-refractivity contribution in [3.05, 3.63) is 47.5 Å². The number of ether oxygens (including phenoxy) is 4. The first-order valence-electron chi connectivity index (χ1n) is 6.99. The number of methoxy groups -OCH3 is 2. The van der Waals surface area contributed by atoms with E-state index in [0.717, 1.165) is 11.1 Å². The molecule has 5 nitrogen and oxygen atoms in total. The summed E-state index contributed by atoms with van der Waals surface area (Å²) in [6, 6.07) is 13.1. The lowest BCUT2D eigenvalue weighted by atomic mass is 10.0. The van der Waals surface area contributed by atoms with E-state index in [-0.39, 0.29) is 6.79 Å². The maximum atomic E-state index is 9.50. The molecule has 0 radical (unpaired) electrons. The van der Waals surface area contributed by atoms with E-state index in [9.17, 15) is 5.26 Å². The van der Waals surface area contributed by atoms with Crippen LogP contribution in [0.4, 0.5) is 0 Å². The second kappa shape index (κ2) is 6.32. The van der Waals surface area contributed by atoms with Crippen molar-refractivity contribution in [2.45, 2.75) is 0 Å². The summed E-state index contributed by atoms with van der Waals surface area (Å²) in [5.41, 5.74) is 2.06. The van der Waals surface area contributed by atoms with Crippen LogP contribution in [0.25, 0.3) is 11.6 Å². The second-order valence-corrected chi connectivity index (χ2v) is 4.85. The number of hydrogen-bond acceptors (Lipinski definition) is 5. The zero-order valence-corrected chi connectivity index (χ0v) is 12.8. The zero-order valence-electron chi connectivity index (χ0n) is 12.8. The molecule has 0 unspecified atom stereocenters. The molecule has 0 atom stereocenters. The third kappa shape index (κ3) is 2.92. The van der Waals surface area contributed by atoms with Gasteiger partial charge in [0.25, 0.3) is 0 Å². The van der Waals surface area contributed by atoms with Crippen LogP contribution in [0.3, 0.4) is 0 Å². The highest BCUT2D eigenvalue weighted by atomic mass is 16.7. The summed E-state index contributed by atoms with van der Waals surface area (Å²) in [4.78, 5) is 0. The summed E-state index contributed by atoms with van der Waals surface area (Å²) in [5.74, 6) is 2.66. The van der Waals surface area contributed by atoms with Gasteiger partial charge in [0.15, 0.2) is 11.5 Å². The lowest BCUT2D eigenvalue weighted by Gasteiger charge is -2.08. The van der Waals surface area contributed by atoms with Crippen LogP contribution < -0.4 is 18.9 Å². The van der Waals surface area contributed by atoms with Crippen molar-refractivity contribution >= 4 is 11.6 Å². The summed E-state index contributed by atoms with van der Waals surface area (Å²) >= 11 is 0. The highest BCUT2D eigenvalue weighted by molar-refractivity contribution is 5.91. The summed E-state index contributed by atoms with van der Waals surface area (Å²) in [7, 11) is 3.18. The van der Waals surface area contributed by atoms with Crippen molar-refractivity contribution in [1.82, 2.24) is 0 Å². The van der Waals surface area contributed by atoms with Crippen molar-refractivity contribution in [3.63, 3.8) is 0 Å². The fourth-order valence-corrected chi connectivity index (χ4v) is 2.34. The molecule has 2 aromatic carbocycles. The molecule has 1 heterocycles. The summed E-state index contributed by atoms with van der Waals surface area (Å²) in [5, 5.41) is 9.50. The maximum Gasteiger partial charge on any atom is 0.231 e. The lowest BCUT2D eigenvalue weighted by molar-refractivity contribution is 0.174. The molecule has 0 saturated carbocycles. The van der Waals surface area contributed by atoms with Gasteiger partial charge in [0.2, 0.25) is 6.79 Å². The average molecular weight is 309 g/mol. The number of nitriles is 1. The Morgan fingerprint density at radius 1 is 1.09 bits per heavy atom. The zero-order chi connectivity index (χ0) is 16.2. The maximum absolute atomic E-state index is 9.50. The molecule has 5 heteroatoms. The molecule has 0 saturated heterocycles. The Hall–Kier alpha value is -3.13. The van der Waals surface area contributed by atoms with Crippen LogP contribution in [0.5, 0.6) is 23.0 Å². The van der Waals surface area contributed by atoms with E-state index in [1.165, 1.54) is 0 Å². The lowest BCUT2D eigenvalue weighted by Crippen LogP contribution is -1.93. The van der Waals surface area contributed by atoms with E-state index < -0.39 is 0 Å². The first kappa shape index (κ1) is 14.8. The molecule has 0 N–H and O–H groups in total. The molecule has 116 valence electrons. The summed E-state index contributed by atoms with van der Waals surface area (Å²) < 4.78 is 21.2. The van der Waals surface area contributed by atoms with Crippen LogP contribution in [0, 0.1) is 11.3 Å². The Labute approximate surface area is 134 Å². The Balaban J connectivity index is 2.01. The number of benzene rings is 2. The van der Waals surface area contributed by atoms with Crippen molar-refractivity contribution in [2.75, 3.05) is 21.0 Å². The Morgan fingerprint density at radius 3 is 2.65 bits per heavy atom. The predicted molar refractivity (Wildman–Crippen MR) is 85.6 cm³/mol. The molecule has 3 rings (SSSR count). The molecule has 0 fully saturated rings. The minimum Gasteiger partial charge on any atom is -0.497 e. The standard InChI is InChI=1S/C18H15NO4/c1-20-15-5-3-13(17(9-15)21-2)7-14(10-19)12-4-6-16-18(8-12)23-11-22-16/h3-9H,11H2,1-2H3/b14-7-. The molecule has 23 heavy (non-hydrogen) atoms. The highest BCUT2D eigenvalue weighted by Gasteiger charge is 2.15. The van der Waals surface area contributed by atoms with Crippen LogP contribution in [0.2, 0.25) is 0 Å². The fraction of sp³-hybridized carbons (Fsp3) is 0.167. The molecule has 1 aliphatic heterocycles. The quantitative estimate of drug-likeness (QED) is 0.639. The van der Waals surface area contributed by atoms with Crippen LogP contribution >= 0.6 is 0 Å². The molecule has 2 aromatic rings. The van der Waals surface area contributed by atoms with Gasteiger partial charge in [-0.25, -0.2) is 0 Å². The van der Waals surface area contributed by atoms with Crippen molar-refractivity contribution < 1.29 is 18.9 Å². The van der Waals surface area contributed by atoms with Gasteiger partial charge < -0.3 is 18.9 Å². The molecule has 0 aromatic heterocycles. The van der Waals surface area contributed by atoms with Gasteiger partial charge in [-0.15, -0.1) is 0 Å². The van der Waals surface area contributed by atoms with E-state index in [0.29, 0.717) is 28.6 Å². The van der Waals surface area contributed by atoms with Gasteiger partial charge in [-0.05, 0) is 42.0 Å². The van der Waals surface area contributed by atoms with Crippen molar-refractivity contribution in [2.24, 2.45) is 0 Å². The van der Waals surface area contributed by atoms with Crippen LogP contribution in [-0.4, -0.2) is 21.0 Å². The first-order chi connectivity index (χ1) is 11.2. The smallest absolute Gasteiger partial charge is 0.231 e. The topological polar surface area (TPSA) is 60.7 Å². The predicted octanol–water partition coefficient (Wildman–Crippen LogP) is 3.50. The largest absolute Gasteiger partial charge is 0.497 e. The molecular weight excluding hydrogens is 294 g/mol. The number of hydrogen-bond donors (Lipinski definition) is 0. The van der Waals surface area contributed by atoms with Gasteiger partial charge in [-0.2, -0.15) is 5.26 Å². The van der Waals surface area contributed by atoms with Gasteiger partial charge in [-0.3, -0.25) is 0 Å². The second-order valence-electron chi connectivity index (χ2n) is 4.85. The highest BCUT2D eigenvalue weighted by Crippen LogP contribution is 2.35. The molecule has 1 aliphatic rings. The molecule has 0 amide bonds. The van der Waals surface area contributed by atoms with E-state index in [1.54, 1.807) is 38.5 Å². The monoisotopic (exact) mass is 309 g/mol. The third-order valence-electron chi connectivity index (χ3n) is 3.54. The normalized spacial score (nSPS) is 12.7. The van der Waals surface area contributed by atoms with Crippen LogP contribution in [0.1, 0.15) is 11.1 Å². The number of rotatable bonds is 4. The van der Waals surface area contributed by atoms with Gasteiger partial charge >= 0.3 is 0 Å². The van der Waals surface area contributed by atoms with E-state index >= 15 is 0 Å². The van der Waals surface area contributed by atoms with Crippen LogP contribution in [0.15, 0.2) is 36.4 Å². The number of allylic oxidation sites excluding steroid dienone is 1. The Bertz CT molecular complexity index is 805. The van der Waals surface area contributed by atoms with Gasteiger partial charge in [-0.1, -0.05) is 0 Å².